The van der Waals surface area contributed by atoms with Crippen molar-refractivity contribution in [3.05, 3.63) is 35.9 Å². The minimum absolute atomic E-state index is 0.00961. The predicted octanol–water partition coefficient (Wildman–Crippen LogP) is 0.121. The summed E-state index contributed by atoms with van der Waals surface area (Å²) < 4.78 is 5.79. The summed E-state index contributed by atoms with van der Waals surface area (Å²) in [7, 11) is 0. The first-order chi connectivity index (χ1) is 11.6. The van der Waals surface area contributed by atoms with Crippen LogP contribution in [0.15, 0.2) is 35.3 Å². The fourth-order valence-electron chi connectivity index (χ4n) is 2.71. The number of nitrogens with two attached hydrogens (primary N) is 1. The number of aliphatic hydroxyl groups is 3. The van der Waals surface area contributed by atoms with Gasteiger partial charge in [-0.3, -0.25) is 4.99 Å². The lowest BCUT2D eigenvalue weighted by atomic mass is 9.99. The van der Waals surface area contributed by atoms with E-state index in [4.69, 9.17) is 15.6 Å². The molecular formula is C17H25N3O4. The van der Waals surface area contributed by atoms with Gasteiger partial charge < -0.3 is 30.7 Å². The van der Waals surface area contributed by atoms with Crippen LogP contribution in [0.2, 0.25) is 0 Å². The summed E-state index contributed by atoms with van der Waals surface area (Å²) in [6, 6.07) is 5.53. The minimum atomic E-state index is -0.382. The van der Waals surface area contributed by atoms with Crippen LogP contribution < -0.4 is 10.6 Å². The highest BCUT2D eigenvalue weighted by molar-refractivity contribution is 6.03. The molecule has 24 heavy (non-hydrogen) atoms. The van der Waals surface area contributed by atoms with Crippen LogP contribution in [-0.2, 0) is 4.74 Å². The topological polar surface area (TPSA) is 112 Å². The van der Waals surface area contributed by atoms with Crippen molar-refractivity contribution < 1.29 is 20.1 Å². The van der Waals surface area contributed by atoms with Crippen molar-refractivity contribution in [1.29, 1.82) is 0 Å². The van der Waals surface area contributed by atoms with Crippen molar-refractivity contribution in [2.45, 2.75) is 6.10 Å². The number of hydrogen-bond donors (Lipinski definition) is 4. The lowest BCUT2D eigenvalue weighted by Gasteiger charge is -2.25. The average Bonchev–Trinajstić information content (AvgIpc) is 2.94. The summed E-state index contributed by atoms with van der Waals surface area (Å²) in [6.45, 7) is 5.50. The zero-order valence-electron chi connectivity index (χ0n) is 13.7. The first-order valence-corrected chi connectivity index (χ1v) is 7.93. The van der Waals surface area contributed by atoms with Crippen LogP contribution in [0.5, 0.6) is 0 Å². The third kappa shape index (κ3) is 4.12. The van der Waals surface area contributed by atoms with Gasteiger partial charge in [-0.25, -0.2) is 0 Å². The smallest absolute Gasteiger partial charge is 0.111 e. The van der Waals surface area contributed by atoms with Crippen molar-refractivity contribution in [3.8, 4) is 0 Å². The highest BCUT2D eigenvalue weighted by Crippen LogP contribution is 2.36. The Morgan fingerprint density at radius 2 is 1.92 bits per heavy atom. The number of anilines is 2. The van der Waals surface area contributed by atoms with Crippen LogP contribution >= 0.6 is 0 Å². The van der Waals surface area contributed by atoms with Crippen LogP contribution in [0.3, 0.4) is 0 Å². The average molecular weight is 335 g/mol. The quantitative estimate of drug-likeness (QED) is 0.502. The second-order valence-electron chi connectivity index (χ2n) is 5.52. The van der Waals surface area contributed by atoms with Crippen molar-refractivity contribution in [2.75, 3.05) is 56.7 Å². The van der Waals surface area contributed by atoms with Gasteiger partial charge in [0.25, 0.3) is 0 Å². The number of ether oxygens (including phenoxy) is 1. The Labute approximate surface area is 141 Å². The largest absolute Gasteiger partial charge is 0.398 e. The summed E-state index contributed by atoms with van der Waals surface area (Å²) >= 11 is 0. The fraction of sp³-hybridized carbons (Fsp3) is 0.471. The van der Waals surface area contributed by atoms with Crippen LogP contribution in [0, 0.1) is 0 Å². The standard InChI is InChI=1S/C17H25N3O4/c1-12-16(19-4-7-21)11-24-17(12)14-10-13(2-3-15(14)18)20(5-8-22)6-9-23/h2-3,10,17,21-23H,1,4-9,11,18H2. The maximum atomic E-state index is 9.20. The van der Waals surface area contributed by atoms with E-state index in [1.54, 1.807) is 6.07 Å². The van der Waals surface area contributed by atoms with Crippen molar-refractivity contribution >= 4 is 17.1 Å². The van der Waals surface area contributed by atoms with Crippen LogP contribution in [0.1, 0.15) is 11.7 Å². The normalized spacial score (nSPS) is 19.2. The molecule has 0 spiro atoms. The third-order valence-corrected chi connectivity index (χ3v) is 3.93. The third-order valence-electron chi connectivity index (χ3n) is 3.93. The van der Waals surface area contributed by atoms with E-state index in [2.05, 4.69) is 11.6 Å². The van der Waals surface area contributed by atoms with E-state index in [1.807, 2.05) is 17.0 Å². The molecule has 1 unspecified atom stereocenters. The number of rotatable bonds is 8. The first-order valence-electron chi connectivity index (χ1n) is 7.93. The molecule has 1 saturated heterocycles. The molecule has 5 N–H and O–H groups in total. The van der Waals surface area contributed by atoms with Gasteiger partial charge in [-0.05, 0) is 18.2 Å². The molecule has 0 aromatic heterocycles. The van der Waals surface area contributed by atoms with Gasteiger partial charge in [0.15, 0.2) is 0 Å². The number of benzene rings is 1. The van der Waals surface area contributed by atoms with Gasteiger partial charge in [0.2, 0.25) is 0 Å². The Kier molecular flexibility index (Phi) is 6.74. The van der Waals surface area contributed by atoms with Crippen molar-refractivity contribution in [3.63, 3.8) is 0 Å². The fourth-order valence-corrected chi connectivity index (χ4v) is 2.71. The van der Waals surface area contributed by atoms with Gasteiger partial charge in [0.05, 0.1) is 38.7 Å². The van der Waals surface area contributed by atoms with Gasteiger partial charge in [0.1, 0.15) is 6.10 Å². The number of aliphatic imine (C=N–C) groups is 1. The number of nitrogen functional groups attached to an aromatic ring is 1. The molecule has 0 amide bonds. The molecule has 1 aromatic carbocycles. The summed E-state index contributed by atoms with van der Waals surface area (Å²) in [5, 5.41) is 27.3. The van der Waals surface area contributed by atoms with Crippen LogP contribution in [0.4, 0.5) is 11.4 Å². The van der Waals surface area contributed by atoms with Gasteiger partial charge >= 0.3 is 0 Å². The molecule has 0 radical (unpaired) electrons. The number of hydrogen-bond acceptors (Lipinski definition) is 7. The van der Waals surface area contributed by atoms with E-state index in [1.165, 1.54) is 0 Å². The van der Waals surface area contributed by atoms with Crippen molar-refractivity contribution in [2.24, 2.45) is 4.99 Å². The van der Waals surface area contributed by atoms with Gasteiger partial charge in [-0.2, -0.15) is 0 Å². The SMILES string of the molecule is C=C1C(=NCCO)COC1c1cc(N(CCO)CCO)ccc1N. The van der Waals surface area contributed by atoms with Crippen LogP contribution in [-0.4, -0.2) is 67.1 Å². The first kappa shape index (κ1) is 18.4. The summed E-state index contributed by atoms with van der Waals surface area (Å²) in [4.78, 5) is 6.15. The molecule has 1 fully saturated rings. The van der Waals surface area contributed by atoms with Gasteiger partial charge in [-0.1, -0.05) is 6.58 Å². The zero-order valence-corrected chi connectivity index (χ0v) is 13.7. The molecule has 0 bridgehead atoms. The Morgan fingerprint density at radius 1 is 1.21 bits per heavy atom. The molecule has 1 atom stereocenters. The van der Waals surface area contributed by atoms with E-state index in [0.29, 0.717) is 31.9 Å². The highest BCUT2D eigenvalue weighted by Gasteiger charge is 2.29. The highest BCUT2D eigenvalue weighted by atomic mass is 16.5. The zero-order chi connectivity index (χ0) is 17.5. The molecule has 0 saturated carbocycles. The van der Waals surface area contributed by atoms with Gasteiger partial charge in [-0.15, -0.1) is 0 Å². The molecule has 7 heteroatoms. The van der Waals surface area contributed by atoms with Crippen molar-refractivity contribution in [1.82, 2.24) is 0 Å². The molecular weight excluding hydrogens is 310 g/mol. The predicted molar refractivity (Wildman–Crippen MR) is 94.5 cm³/mol. The molecule has 7 nitrogen and oxygen atoms in total. The lowest BCUT2D eigenvalue weighted by molar-refractivity contribution is 0.136. The Hall–Kier alpha value is -1.93. The minimum Gasteiger partial charge on any atom is -0.398 e. The van der Waals surface area contributed by atoms with E-state index in [9.17, 15) is 10.2 Å². The summed E-state index contributed by atoms with van der Waals surface area (Å²) in [5.74, 6) is 0. The molecule has 2 rings (SSSR count). The molecule has 1 aromatic rings. The maximum Gasteiger partial charge on any atom is 0.111 e. The van der Waals surface area contributed by atoms with E-state index in [0.717, 1.165) is 22.5 Å². The molecule has 1 heterocycles. The van der Waals surface area contributed by atoms with E-state index in [-0.39, 0.29) is 25.9 Å². The van der Waals surface area contributed by atoms with E-state index >= 15 is 0 Å². The number of aliphatic hydroxyl groups excluding tert-OH is 3. The Morgan fingerprint density at radius 3 is 2.54 bits per heavy atom. The number of nitrogens with zero attached hydrogens (tertiary/aromatic N) is 2. The second kappa shape index (κ2) is 8.79. The van der Waals surface area contributed by atoms with E-state index < -0.39 is 0 Å². The monoisotopic (exact) mass is 335 g/mol. The summed E-state index contributed by atoms with van der Waals surface area (Å²) in [5.41, 5.74) is 9.80. The lowest BCUT2D eigenvalue weighted by Crippen LogP contribution is -2.29. The molecule has 1 aliphatic rings. The molecule has 1 aliphatic heterocycles. The summed E-state index contributed by atoms with van der Waals surface area (Å²) in [6.07, 6.45) is -0.382. The van der Waals surface area contributed by atoms with Crippen LogP contribution in [0.25, 0.3) is 0 Å². The Bertz CT molecular complexity index is 597. The molecule has 0 aliphatic carbocycles. The van der Waals surface area contributed by atoms with Gasteiger partial charge in [0, 0.05) is 35.6 Å². The Balaban J connectivity index is 2.27. The second-order valence-corrected chi connectivity index (χ2v) is 5.52. The molecule has 132 valence electrons. The maximum absolute atomic E-state index is 9.20.